The number of nitrogens with zero attached hydrogens (tertiary/aromatic N) is 2. The Morgan fingerprint density at radius 1 is 1.25 bits per heavy atom. The minimum absolute atomic E-state index is 0.0111. The molecule has 0 bridgehead atoms. The lowest BCUT2D eigenvalue weighted by Crippen LogP contribution is -2.36. The fourth-order valence-electron chi connectivity index (χ4n) is 2.99. The summed E-state index contributed by atoms with van der Waals surface area (Å²) in [5, 5.41) is 3.38. The van der Waals surface area contributed by atoms with Crippen LogP contribution in [0.15, 0.2) is 42.6 Å². The van der Waals surface area contributed by atoms with Gasteiger partial charge in [0.15, 0.2) is 0 Å². The van der Waals surface area contributed by atoms with Crippen molar-refractivity contribution in [1.82, 2.24) is 9.88 Å². The van der Waals surface area contributed by atoms with Crippen LogP contribution in [0.3, 0.4) is 0 Å². The number of aromatic nitrogens is 1. The lowest BCUT2D eigenvalue weighted by molar-refractivity contribution is 0.0729. The molecule has 1 aromatic heterocycles. The highest BCUT2D eigenvalue weighted by Crippen LogP contribution is 2.20. The van der Waals surface area contributed by atoms with E-state index in [9.17, 15) is 4.79 Å². The van der Waals surface area contributed by atoms with Crippen molar-refractivity contribution >= 4 is 11.6 Å². The van der Waals surface area contributed by atoms with Crippen molar-refractivity contribution in [3.63, 3.8) is 0 Å². The molecule has 1 aromatic carbocycles. The Morgan fingerprint density at radius 3 is 2.83 bits per heavy atom. The lowest BCUT2D eigenvalue weighted by atomic mass is 10.00. The van der Waals surface area contributed by atoms with E-state index in [0.717, 1.165) is 31.6 Å². The van der Waals surface area contributed by atoms with Gasteiger partial charge < -0.3 is 10.2 Å². The molecule has 0 spiro atoms. The molecule has 0 fully saturated rings. The number of rotatable bonds is 5. The largest absolute Gasteiger partial charge is 0.385 e. The molecule has 4 heteroatoms. The summed E-state index contributed by atoms with van der Waals surface area (Å²) in [5.74, 6) is 0.672. The van der Waals surface area contributed by atoms with E-state index in [1.807, 2.05) is 23.1 Å². The standard InChI is InChI=1S/C20H25N3O/c1-15(2)7-10-21-18-8-11-22-19(13-18)20(24)23-12-9-16-5-3-4-6-17(16)14-23/h3-6,8,11,13,15H,7,9-10,12,14H2,1-2H3,(H,21,22). The summed E-state index contributed by atoms with van der Waals surface area (Å²) in [6.07, 6.45) is 3.73. The molecule has 2 aromatic rings. The highest BCUT2D eigenvalue weighted by atomic mass is 16.2. The van der Waals surface area contributed by atoms with Crippen molar-refractivity contribution in [3.8, 4) is 0 Å². The SMILES string of the molecule is CC(C)CCNc1ccnc(C(=O)N2CCc3ccccc3C2)c1. The number of benzene rings is 1. The fraction of sp³-hybridized carbons (Fsp3) is 0.400. The molecule has 24 heavy (non-hydrogen) atoms. The molecule has 126 valence electrons. The molecule has 1 amide bonds. The Balaban J connectivity index is 1.67. The summed E-state index contributed by atoms with van der Waals surface area (Å²) in [6.45, 7) is 6.74. The Kier molecular flexibility index (Phi) is 5.14. The average Bonchev–Trinajstić information content (AvgIpc) is 2.60. The maximum Gasteiger partial charge on any atom is 0.272 e. The fourth-order valence-corrected chi connectivity index (χ4v) is 2.99. The lowest BCUT2D eigenvalue weighted by Gasteiger charge is -2.28. The van der Waals surface area contributed by atoms with Crippen LogP contribution in [0.2, 0.25) is 0 Å². The van der Waals surface area contributed by atoms with Crippen molar-refractivity contribution in [3.05, 3.63) is 59.4 Å². The van der Waals surface area contributed by atoms with Gasteiger partial charge in [-0.3, -0.25) is 9.78 Å². The van der Waals surface area contributed by atoms with Gasteiger partial charge >= 0.3 is 0 Å². The zero-order valence-electron chi connectivity index (χ0n) is 14.5. The molecule has 0 saturated carbocycles. The maximum atomic E-state index is 12.8. The first-order chi connectivity index (χ1) is 11.6. The van der Waals surface area contributed by atoms with Crippen LogP contribution in [-0.4, -0.2) is 28.9 Å². The van der Waals surface area contributed by atoms with Crippen LogP contribution in [0.5, 0.6) is 0 Å². The van der Waals surface area contributed by atoms with E-state index in [4.69, 9.17) is 0 Å². The Hall–Kier alpha value is -2.36. The quantitative estimate of drug-likeness (QED) is 0.912. The van der Waals surface area contributed by atoms with Gasteiger partial charge in [-0.25, -0.2) is 0 Å². The summed E-state index contributed by atoms with van der Waals surface area (Å²) in [6, 6.07) is 12.1. The minimum Gasteiger partial charge on any atom is -0.385 e. The van der Waals surface area contributed by atoms with Gasteiger partial charge in [-0.2, -0.15) is 0 Å². The third kappa shape index (κ3) is 3.94. The van der Waals surface area contributed by atoms with Gasteiger partial charge in [0.05, 0.1) is 0 Å². The molecule has 4 nitrogen and oxygen atoms in total. The van der Waals surface area contributed by atoms with E-state index in [1.54, 1.807) is 6.20 Å². The number of anilines is 1. The molecule has 0 radical (unpaired) electrons. The average molecular weight is 323 g/mol. The van der Waals surface area contributed by atoms with E-state index >= 15 is 0 Å². The number of pyridine rings is 1. The van der Waals surface area contributed by atoms with E-state index < -0.39 is 0 Å². The monoisotopic (exact) mass is 323 g/mol. The second-order valence-electron chi connectivity index (χ2n) is 6.78. The van der Waals surface area contributed by atoms with Gasteiger partial charge in [0, 0.05) is 31.5 Å². The molecule has 1 N–H and O–H groups in total. The van der Waals surface area contributed by atoms with Crippen molar-refractivity contribution in [2.24, 2.45) is 5.92 Å². The number of fused-ring (bicyclic) bond motifs is 1. The van der Waals surface area contributed by atoms with Crippen LogP contribution in [0.25, 0.3) is 0 Å². The highest BCUT2D eigenvalue weighted by Gasteiger charge is 2.22. The molecule has 1 aliphatic rings. The number of nitrogens with one attached hydrogen (secondary N) is 1. The van der Waals surface area contributed by atoms with Gasteiger partial charge in [-0.05, 0) is 42.0 Å². The summed E-state index contributed by atoms with van der Waals surface area (Å²) >= 11 is 0. The number of amides is 1. The number of carbonyl (C=O) groups excluding carboxylic acids is 1. The first kappa shape index (κ1) is 16.5. The smallest absolute Gasteiger partial charge is 0.272 e. The maximum absolute atomic E-state index is 12.8. The van der Waals surface area contributed by atoms with E-state index in [-0.39, 0.29) is 5.91 Å². The first-order valence-corrected chi connectivity index (χ1v) is 8.69. The number of carbonyl (C=O) groups is 1. The molecule has 0 atom stereocenters. The van der Waals surface area contributed by atoms with Gasteiger partial charge in [0.2, 0.25) is 0 Å². The van der Waals surface area contributed by atoms with Gasteiger partial charge in [-0.1, -0.05) is 38.1 Å². The van der Waals surface area contributed by atoms with Gasteiger partial charge in [-0.15, -0.1) is 0 Å². The summed E-state index contributed by atoms with van der Waals surface area (Å²) in [5.41, 5.74) is 4.07. The second-order valence-corrected chi connectivity index (χ2v) is 6.78. The molecular formula is C20H25N3O. The molecule has 0 aliphatic carbocycles. The molecule has 0 saturated heterocycles. The van der Waals surface area contributed by atoms with Crippen LogP contribution in [-0.2, 0) is 13.0 Å². The Bertz CT molecular complexity index is 712. The normalized spacial score (nSPS) is 13.7. The highest BCUT2D eigenvalue weighted by molar-refractivity contribution is 5.93. The predicted molar refractivity (Wildman–Crippen MR) is 97.1 cm³/mol. The molecule has 2 heterocycles. The summed E-state index contributed by atoms with van der Waals surface area (Å²) < 4.78 is 0. The van der Waals surface area contributed by atoms with E-state index in [1.165, 1.54) is 11.1 Å². The van der Waals surface area contributed by atoms with Crippen LogP contribution in [0.1, 0.15) is 41.9 Å². The topological polar surface area (TPSA) is 45.2 Å². The van der Waals surface area contributed by atoms with Gasteiger partial charge in [0.1, 0.15) is 5.69 Å². The number of hydrogen-bond donors (Lipinski definition) is 1. The molecule has 1 aliphatic heterocycles. The molecule has 3 rings (SSSR count). The zero-order valence-corrected chi connectivity index (χ0v) is 14.5. The van der Waals surface area contributed by atoms with Crippen molar-refractivity contribution < 1.29 is 4.79 Å². The zero-order chi connectivity index (χ0) is 16.9. The second kappa shape index (κ2) is 7.47. The molecule has 0 unspecified atom stereocenters. The third-order valence-corrected chi connectivity index (χ3v) is 4.45. The Labute approximate surface area is 143 Å². The van der Waals surface area contributed by atoms with Crippen molar-refractivity contribution in [2.75, 3.05) is 18.4 Å². The van der Waals surface area contributed by atoms with Crippen LogP contribution in [0, 0.1) is 5.92 Å². The van der Waals surface area contributed by atoms with Crippen molar-refractivity contribution in [1.29, 1.82) is 0 Å². The summed E-state index contributed by atoms with van der Waals surface area (Å²) in [7, 11) is 0. The Morgan fingerprint density at radius 2 is 2.04 bits per heavy atom. The molecular weight excluding hydrogens is 298 g/mol. The summed E-state index contributed by atoms with van der Waals surface area (Å²) in [4.78, 5) is 19.0. The predicted octanol–water partition coefficient (Wildman–Crippen LogP) is 3.74. The van der Waals surface area contributed by atoms with E-state index in [0.29, 0.717) is 18.2 Å². The van der Waals surface area contributed by atoms with Crippen LogP contribution < -0.4 is 5.32 Å². The van der Waals surface area contributed by atoms with Crippen molar-refractivity contribution in [2.45, 2.75) is 33.2 Å². The minimum atomic E-state index is 0.0111. The first-order valence-electron chi connectivity index (χ1n) is 8.69. The number of hydrogen-bond acceptors (Lipinski definition) is 3. The van der Waals surface area contributed by atoms with Gasteiger partial charge in [0.25, 0.3) is 5.91 Å². The van der Waals surface area contributed by atoms with Crippen LogP contribution in [0.4, 0.5) is 5.69 Å². The third-order valence-electron chi connectivity index (χ3n) is 4.45. The van der Waals surface area contributed by atoms with Crippen LogP contribution >= 0.6 is 0 Å². The van der Waals surface area contributed by atoms with E-state index in [2.05, 4.69) is 42.3 Å².